The molecule has 0 saturated heterocycles. The minimum Gasteiger partial charge on any atom is -0.477 e. The summed E-state index contributed by atoms with van der Waals surface area (Å²) < 4.78 is 1.66. The number of rotatable bonds is 1. The van der Waals surface area contributed by atoms with Crippen LogP contribution >= 0.6 is 38.9 Å². The SMILES string of the molecule is O=C(O)c1cc2c(Cl)c(Br)ccc2s1. The van der Waals surface area contributed by atoms with Gasteiger partial charge >= 0.3 is 5.97 Å². The van der Waals surface area contributed by atoms with E-state index in [-0.39, 0.29) is 0 Å². The number of carboxylic acid groups (broad SMARTS) is 1. The van der Waals surface area contributed by atoms with E-state index in [1.54, 1.807) is 6.07 Å². The Hall–Kier alpha value is -0.580. The first-order valence-corrected chi connectivity index (χ1v) is 5.69. The molecule has 1 aromatic heterocycles. The van der Waals surface area contributed by atoms with Crippen molar-refractivity contribution in [3.63, 3.8) is 0 Å². The zero-order chi connectivity index (χ0) is 10.3. The lowest BCUT2D eigenvalue weighted by Crippen LogP contribution is -1.89. The lowest BCUT2D eigenvalue weighted by atomic mass is 10.2. The lowest BCUT2D eigenvalue weighted by Gasteiger charge is -1.95. The molecule has 5 heteroatoms. The van der Waals surface area contributed by atoms with Gasteiger partial charge in [0.25, 0.3) is 0 Å². The Bertz CT molecular complexity index is 521. The molecular weight excluding hydrogens is 288 g/mol. The van der Waals surface area contributed by atoms with Crippen molar-refractivity contribution in [2.75, 3.05) is 0 Å². The molecule has 2 rings (SSSR count). The van der Waals surface area contributed by atoms with Gasteiger partial charge in [0.2, 0.25) is 0 Å². The van der Waals surface area contributed by atoms with Crippen LogP contribution in [0.2, 0.25) is 5.02 Å². The topological polar surface area (TPSA) is 37.3 Å². The van der Waals surface area contributed by atoms with Crippen LogP contribution in [0, 0.1) is 0 Å². The van der Waals surface area contributed by atoms with Crippen molar-refractivity contribution in [2.45, 2.75) is 0 Å². The highest BCUT2D eigenvalue weighted by Crippen LogP contribution is 2.35. The largest absolute Gasteiger partial charge is 0.477 e. The molecular formula is C9H4BrClO2S. The molecule has 0 aliphatic rings. The number of fused-ring (bicyclic) bond motifs is 1. The molecule has 14 heavy (non-hydrogen) atoms. The number of thiophene rings is 1. The highest BCUT2D eigenvalue weighted by molar-refractivity contribution is 9.10. The maximum absolute atomic E-state index is 10.7. The number of halogens is 2. The number of hydrogen-bond acceptors (Lipinski definition) is 2. The average molecular weight is 292 g/mol. The van der Waals surface area contributed by atoms with Crippen molar-refractivity contribution < 1.29 is 9.90 Å². The summed E-state index contributed by atoms with van der Waals surface area (Å²) in [5.74, 6) is -0.918. The zero-order valence-electron chi connectivity index (χ0n) is 6.75. The average Bonchev–Trinajstić information content (AvgIpc) is 2.56. The van der Waals surface area contributed by atoms with Gasteiger partial charge in [-0.2, -0.15) is 0 Å². The summed E-state index contributed by atoms with van der Waals surface area (Å²) in [4.78, 5) is 11.0. The van der Waals surface area contributed by atoms with Crippen molar-refractivity contribution >= 4 is 54.9 Å². The maximum Gasteiger partial charge on any atom is 0.345 e. The van der Waals surface area contributed by atoms with Crippen LogP contribution in [-0.4, -0.2) is 11.1 Å². The number of carbonyl (C=O) groups is 1. The van der Waals surface area contributed by atoms with Gasteiger partial charge in [-0.25, -0.2) is 4.79 Å². The second-order valence-corrected chi connectivity index (χ2v) is 5.01. The van der Waals surface area contributed by atoms with Gasteiger partial charge in [-0.3, -0.25) is 0 Å². The molecule has 0 amide bonds. The molecule has 0 radical (unpaired) electrons. The van der Waals surface area contributed by atoms with E-state index < -0.39 is 5.97 Å². The summed E-state index contributed by atoms with van der Waals surface area (Å²) in [6.07, 6.45) is 0. The van der Waals surface area contributed by atoms with Crippen LogP contribution in [0.15, 0.2) is 22.7 Å². The zero-order valence-corrected chi connectivity index (χ0v) is 9.91. The van der Waals surface area contributed by atoms with Crippen molar-refractivity contribution in [1.82, 2.24) is 0 Å². The third kappa shape index (κ3) is 1.54. The fraction of sp³-hybridized carbons (Fsp3) is 0. The van der Waals surface area contributed by atoms with Crippen LogP contribution in [-0.2, 0) is 0 Å². The van der Waals surface area contributed by atoms with Crippen molar-refractivity contribution in [3.8, 4) is 0 Å². The van der Waals surface area contributed by atoms with Gasteiger partial charge in [-0.1, -0.05) is 11.6 Å². The molecule has 0 bridgehead atoms. The van der Waals surface area contributed by atoms with Crippen molar-refractivity contribution in [1.29, 1.82) is 0 Å². The number of carboxylic acids is 1. The first-order chi connectivity index (χ1) is 6.59. The van der Waals surface area contributed by atoms with Crippen molar-refractivity contribution in [2.24, 2.45) is 0 Å². The molecule has 0 aliphatic carbocycles. The van der Waals surface area contributed by atoms with E-state index in [0.717, 1.165) is 14.6 Å². The van der Waals surface area contributed by atoms with Gasteiger partial charge < -0.3 is 5.11 Å². The molecule has 0 aliphatic heterocycles. The van der Waals surface area contributed by atoms with E-state index in [0.29, 0.717) is 9.90 Å². The second-order valence-electron chi connectivity index (χ2n) is 2.69. The summed E-state index contributed by atoms with van der Waals surface area (Å²) >= 11 is 10.5. The minimum atomic E-state index is -0.918. The normalized spacial score (nSPS) is 10.7. The van der Waals surface area contributed by atoms with Crippen LogP contribution in [0.5, 0.6) is 0 Å². The number of benzene rings is 1. The molecule has 0 atom stereocenters. The Labute approximate surface area is 97.2 Å². The van der Waals surface area contributed by atoms with E-state index in [1.807, 2.05) is 12.1 Å². The molecule has 0 spiro atoms. The monoisotopic (exact) mass is 290 g/mol. The Kier molecular flexibility index (Phi) is 2.51. The van der Waals surface area contributed by atoms with Crippen LogP contribution in [0.25, 0.3) is 10.1 Å². The van der Waals surface area contributed by atoms with Crippen LogP contribution in [0.1, 0.15) is 9.67 Å². The molecule has 72 valence electrons. The molecule has 2 aromatic rings. The van der Waals surface area contributed by atoms with E-state index in [2.05, 4.69) is 15.9 Å². The van der Waals surface area contributed by atoms with Gasteiger partial charge in [-0.15, -0.1) is 11.3 Å². The smallest absolute Gasteiger partial charge is 0.345 e. The standard InChI is InChI=1S/C9H4BrClO2S/c10-5-1-2-6-4(8(5)11)3-7(14-6)9(12)13/h1-3H,(H,12,13). The lowest BCUT2D eigenvalue weighted by molar-refractivity contribution is 0.0702. The first-order valence-electron chi connectivity index (χ1n) is 3.70. The predicted molar refractivity (Wildman–Crippen MR) is 61.5 cm³/mol. The molecule has 0 unspecified atom stereocenters. The summed E-state index contributed by atoms with van der Waals surface area (Å²) in [5, 5.41) is 10.1. The maximum atomic E-state index is 10.7. The summed E-state index contributed by atoms with van der Waals surface area (Å²) in [5.41, 5.74) is 0. The Morgan fingerprint density at radius 1 is 1.50 bits per heavy atom. The first kappa shape index (κ1) is 9.96. The van der Waals surface area contributed by atoms with Crippen LogP contribution < -0.4 is 0 Å². The van der Waals surface area contributed by atoms with E-state index in [1.165, 1.54) is 11.3 Å². The number of aromatic carboxylic acids is 1. The summed E-state index contributed by atoms with van der Waals surface area (Å²) in [7, 11) is 0. The van der Waals surface area contributed by atoms with E-state index in [9.17, 15) is 4.79 Å². The fourth-order valence-electron chi connectivity index (χ4n) is 1.16. The van der Waals surface area contributed by atoms with E-state index >= 15 is 0 Å². The predicted octanol–water partition coefficient (Wildman–Crippen LogP) is 4.02. The highest BCUT2D eigenvalue weighted by Gasteiger charge is 2.11. The molecule has 0 fully saturated rings. The Morgan fingerprint density at radius 2 is 2.21 bits per heavy atom. The van der Waals surface area contributed by atoms with E-state index in [4.69, 9.17) is 16.7 Å². The number of hydrogen-bond donors (Lipinski definition) is 1. The van der Waals surface area contributed by atoms with Gasteiger partial charge in [0, 0.05) is 14.6 Å². The Morgan fingerprint density at radius 3 is 2.86 bits per heavy atom. The summed E-state index contributed by atoms with van der Waals surface area (Å²) in [6, 6.07) is 5.25. The van der Waals surface area contributed by atoms with Gasteiger partial charge in [0.05, 0.1) is 5.02 Å². The Balaban J connectivity index is 2.77. The third-order valence-corrected chi connectivity index (χ3v) is 4.18. The second kappa shape index (κ2) is 3.53. The van der Waals surface area contributed by atoms with Gasteiger partial charge in [-0.05, 0) is 34.1 Å². The van der Waals surface area contributed by atoms with Crippen molar-refractivity contribution in [3.05, 3.63) is 32.6 Å². The molecule has 2 nitrogen and oxygen atoms in total. The molecule has 0 saturated carbocycles. The van der Waals surface area contributed by atoms with Crippen LogP contribution in [0.4, 0.5) is 0 Å². The summed E-state index contributed by atoms with van der Waals surface area (Å²) in [6.45, 7) is 0. The van der Waals surface area contributed by atoms with Gasteiger partial charge in [0.1, 0.15) is 4.88 Å². The molecule has 1 N–H and O–H groups in total. The fourth-order valence-corrected chi connectivity index (χ4v) is 2.69. The highest BCUT2D eigenvalue weighted by atomic mass is 79.9. The van der Waals surface area contributed by atoms with Gasteiger partial charge in [0.15, 0.2) is 0 Å². The molecule has 1 heterocycles. The molecule has 1 aromatic carbocycles. The minimum absolute atomic E-state index is 0.306. The third-order valence-electron chi connectivity index (χ3n) is 1.80. The van der Waals surface area contributed by atoms with Crippen LogP contribution in [0.3, 0.4) is 0 Å². The quantitative estimate of drug-likeness (QED) is 0.862.